The summed E-state index contributed by atoms with van der Waals surface area (Å²) >= 11 is 0. The van der Waals surface area contributed by atoms with E-state index >= 15 is 0 Å². The van der Waals surface area contributed by atoms with Gasteiger partial charge in [-0.3, -0.25) is 0 Å². The largest absolute Gasteiger partial charge is 0.0993 e. The van der Waals surface area contributed by atoms with E-state index in [1.165, 1.54) is 24.8 Å². The topological polar surface area (TPSA) is 0 Å². The van der Waals surface area contributed by atoms with Crippen LogP contribution in [0.3, 0.4) is 0 Å². The van der Waals surface area contributed by atoms with Gasteiger partial charge in [-0.25, -0.2) is 0 Å². The van der Waals surface area contributed by atoms with Crippen LogP contribution >= 0.6 is 0 Å². The van der Waals surface area contributed by atoms with E-state index in [4.69, 9.17) is 0 Å². The van der Waals surface area contributed by atoms with E-state index < -0.39 is 0 Å². The predicted molar refractivity (Wildman–Crippen MR) is 41.3 cm³/mol. The molecule has 0 saturated heterocycles. The zero-order chi connectivity index (χ0) is 6.85. The molecule has 0 amide bonds. The number of allylic oxidation sites excluding steroid dienone is 1. The van der Waals surface area contributed by atoms with Crippen LogP contribution in [0.25, 0.3) is 0 Å². The normalized spacial score (nSPS) is 32.9. The first-order valence-electron chi connectivity index (χ1n) is 3.99. The number of rotatable bonds is 3. The van der Waals surface area contributed by atoms with Gasteiger partial charge < -0.3 is 0 Å². The maximum atomic E-state index is 4.02. The highest BCUT2D eigenvalue weighted by molar-refractivity contribution is 5.25. The molecule has 0 aromatic rings. The SMILES string of the molecule is C=C1C(CC)C1CCC. The van der Waals surface area contributed by atoms with Crippen molar-refractivity contribution in [2.45, 2.75) is 33.1 Å². The Morgan fingerprint density at radius 2 is 2.00 bits per heavy atom. The maximum Gasteiger partial charge on any atom is -0.0137 e. The van der Waals surface area contributed by atoms with Crippen molar-refractivity contribution < 1.29 is 0 Å². The van der Waals surface area contributed by atoms with Crippen LogP contribution in [0.1, 0.15) is 33.1 Å². The van der Waals surface area contributed by atoms with Crippen molar-refractivity contribution in [3.63, 3.8) is 0 Å². The van der Waals surface area contributed by atoms with E-state index in [1.807, 2.05) is 0 Å². The fraction of sp³-hybridized carbons (Fsp3) is 0.778. The maximum absolute atomic E-state index is 4.02. The van der Waals surface area contributed by atoms with Crippen LogP contribution in [-0.2, 0) is 0 Å². The molecule has 0 aromatic heterocycles. The van der Waals surface area contributed by atoms with Crippen molar-refractivity contribution in [1.82, 2.24) is 0 Å². The Morgan fingerprint density at radius 1 is 1.33 bits per heavy atom. The van der Waals surface area contributed by atoms with Gasteiger partial charge >= 0.3 is 0 Å². The molecular formula is C9H16. The lowest BCUT2D eigenvalue weighted by Gasteiger charge is -1.88. The van der Waals surface area contributed by atoms with Gasteiger partial charge in [-0.05, 0) is 24.7 Å². The van der Waals surface area contributed by atoms with Crippen LogP contribution in [0.5, 0.6) is 0 Å². The van der Waals surface area contributed by atoms with Crippen LogP contribution in [0.4, 0.5) is 0 Å². The third-order valence-electron chi connectivity index (χ3n) is 2.37. The lowest BCUT2D eigenvalue weighted by molar-refractivity contribution is 0.622. The Labute approximate surface area is 58.0 Å². The van der Waals surface area contributed by atoms with Crippen molar-refractivity contribution >= 4 is 0 Å². The molecule has 0 nitrogen and oxygen atoms in total. The molecule has 1 aliphatic carbocycles. The van der Waals surface area contributed by atoms with Crippen LogP contribution in [0, 0.1) is 11.8 Å². The van der Waals surface area contributed by atoms with Crippen LogP contribution in [-0.4, -0.2) is 0 Å². The van der Waals surface area contributed by atoms with Crippen LogP contribution in [0.15, 0.2) is 12.2 Å². The Balaban J connectivity index is 2.25. The van der Waals surface area contributed by atoms with E-state index in [9.17, 15) is 0 Å². The van der Waals surface area contributed by atoms with Crippen molar-refractivity contribution in [1.29, 1.82) is 0 Å². The Morgan fingerprint density at radius 3 is 2.33 bits per heavy atom. The molecule has 0 heteroatoms. The second-order valence-electron chi connectivity index (χ2n) is 2.98. The zero-order valence-corrected chi connectivity index (χ0v) is 6.48. The highest BCUT2D eigenvalue weighted by Crippen LogP contribution is 2.49. The Hall–Kier alpha value is -0.260. The standard InChI is InChI=1S/C9H16/c1-4-6-9-7(3)8(9)5-2/h8-9H,3-6H2,1-2H3. The molecule has 1 aliphatic rings. The van der Waals surface area contributed by atoms with E-state index in [1.54, 1.807) is 0 Å². The average Bonchev–Trinajstić information content (AvgIpc) is 2.44. The molecule has 1 rings (SSSR count). The van der Waals surface area contributed by atoms with Crippen molar-refractivity contribution in [2.24, 2.45) is 11.8 Å². The van der Waals surface area contributed by atoms with Crippen molar-refractivity contribution in [3.05, 3.63) is 12.2 Å². The first-order chi connectivity index (χ1) is 4.31. The molecule has 52 valence electrons. The highest BCUT2D eigenvalue weighted by Gasteiger charge is 2.38. The van der Waals surface area contributed by atoms with Crippen LogP contribution in [0.2, 0.25) is 0 Å². The summed E-state index contributed by atoms with van der Waals surface area (Å²) in [6, 6.07) is 0. The second kappa shape index (κ2) is 2.55. The summed E-state index contributed by atoms with van der Waals surface area (Å²) in [5, 5.41) is 0. The minimum atomic E-state index is 0.893. The lowest BCUT2D eigenvalue weighted by Crippen LogP contribution is -1.78. The van der Waals surface area contributed by atoms with E-state index in [-0.39, 0.29) is 0 Å². The zero-order valence-electron chi connectivity index (χ0n) is 6.48. The molecule has 9 heavy (non-hydrogen) atoms. The molecule has 2 unspecified atom stereocenters. The van der Waals surface area contributed by atoms with Gasteiger partial charge in [0.2, 0.25) is 0 Å². The molecule has 1 saturated carbocycles. The molecule has 0 aliphatic heterocycles. The summed E-state index contributed by atoms with van der Waals surface area (Å²) < 4.78 is 0. The van der Waals surface area contributed by atoms with E-state index in [2.05, 4.69) is 20.4 Å². The van der Waals surface area contributed by atoms with Gasteiger partial charge in [-0.15, -0.1) is 0 Å². The molecule has 2 atom stereocenters. The van der Waals surface area contributed by atoms with Gasteiger partial charge in [-0.2, -0.15) is 0 Å². The number of hydrogen-bond donors (Lipinski definition) is 0. The summed E-state index contributed by atoms with van der Waals surface area (Å²) in [4.78, 5) is 0. The fourth-order valence-electron chi connectivity index (χ4n) is 1.69. The molecule has 0 spiro atoms. The van der Waals surface area contributed by atoms with Crippen molar-refractivity contribution in [3.8, 4) is 0 Å². The molecule has 0 N–H and O–H groups in total. The smallest absolute Gasteiger partial charge is 0.0137 e. The molecule has 0 bridgehead atoms. The molecule has 0 radical (unpaired) electrons. The Kier molecular flexibility index (Phi) is 1.94. The summed E-state index contributed by atoms with van der Waals surface area (Å²) in [7, 11) is 0. The lowest BCUT2D eigenvalue weighted by atomic mass is 10.2. The van der Waals surface area contributed by atoms with Gasteiger partial charge in [0.25, 0.3) is 0 Å². The second-order valence-corrected chi connectivity index (χ2v) is 2.98. The monoisotopic (exact) mass is 124 g/mol. The summed E-state index contributed by atoms with van der Waals surface area (Å²) in [5.41, 5.74) is 1.51. The minimum Gasteiger partial charge on any atom is -0.0993 e. The quantitative estimate of drug-likeness (QED) is 0.507. The predicted octanol–water partition coefficient (Wildman–Crippen LogP) is 3.00. The van der Waals surface area contributed by atoms with Gasteiger partial charge in [0.05, 0.1) is 0 Å². The first kappa shape index (κ1) is 6.85. The van der Waals surface area contributed by atoms with Gasteiger partial charge in [0.15, 0.2) is 0 Å². The van der Waals surface area contributed by atoms with Gasteiger partial charge in [-0.1, -0.05) is 32.4 Å². The molecular weight excluding hydrogens is 108 g/mol. The van der Waals surface area contributed by atoms with Crippen molar-refractivity contribution in [2.75, 3.05) is 0 Å². The third kappa shape index (κ3) is 1.17. The summed E-state index contributed by atoms with van der Waals surface area (Å²) in [6.45, 7) is 8.52. The van der Waals surface area contributed by atoms with E-state index in [0.717, 1.165) is 11.8 Å². The number of hydrogen-bond acceptors (Lipinski definition) is 0. The Bertz CT molecular complexity index is 113. The average molecular weight is 124 g/mol. The molecule has 0 aromatic carbocycles. The molecule has 1 fully saturated rings. The van der Waals surface area contributed by atoms with Crippen LogP contribution < -0.4 is 0 Å². The van der Waals surface area contributed by atoms with E-state index in [0.29, 0.717) is 0 Å². The first-order valence-corrected chi connectivity index (χ1v) is 3.99. The van der Waals surface area contributed by atoms with Gasteiger partial charge in [0.1, 0.15) is 0 Å². The van der Waals surface area contributed by atoms with Gasteiger partial charge in [0, 0.05) is 0 Å². The minimum absolute atomic E-state index is 0.893. The summed E-state index contributed by atoms with van der Waals surface area (Å²) in [6.07, 6.45) is 4.00. The third-order valence-corrected chi connectivity index (χ3v) is 2.37. The highest BCUT2D eigenvalue weighted by atomic mass is 14.4. The summed E-state index contributed by atoms with van der Waals surface area (Å²) in [5.74, 6) is 1.80. The molecule has 0 heterocycles. The fourth-order valence-corrected chi connectivity index (χ4v) is 1.69.